The van der Waals surface area contributed by atoms with Gasteiger partial charge in [0.05, 0.1) is 12.0 Å². The molecule has 1 saturated heterocycles. The summed E-state index contributed by atoms with van der Waals surface area (Å²) in [6.45, 7) is 1.14. The average molecular weight is 434 g/mol. The van der Waals surface area contributed by atoms with Gasteiger partial charge in [-0.15, -0.1) is 0 Å². The zero-order chi connectivity index (χ0) is 22.4. The molecule has 0 aliphatic carbocycles. The molecule has 3 aromatic rings. The molecule has 166 valence electrons. The van der Waals surface area contributed by atoms with E-state index in [1.807, 2.05) is 0 Å². The first-order valence-electron chi connectivity index (χ1n) is 9.50. The van der Waals surface area contributed by atoms with Crippen molar-refractivity contribution in [3.05, 3.63) is 40.1 Å². The molecule has 0 unspecified atom stereocenters. The zero-order valence-corrected chi connectivity index (χ0v) is 16.7. The number of ether oxygens (including phenoxy) is 3. The van der Waals surface area contributed by atoms with Crippen molar-refractivity contribution in [1.82, 2.24) is 0 Å². The van der Waals surface area contributed by atoms with Gasteiger partial charge in [-0.1, -0.05) is 0 Å². The first kappa shape index (κ1) is 21.3. The Morgan fingerprint density at radius 3 is 2.42 bits per heavy atom. The highest BCUT2D eigenvalue weighted by Crippen LogP contribution is 2.34. The maximum Gasteiger partial charge on any atom is 0.229 e. The van der Waals surface area contributed by atoms with Crippen LogP contribution < -0.4 is 10.2 Å². The minimum atomic E-state index is -1.52. The van der Waals surface area contributed by atoms with Gasteiger partial charge in [-0.2, -0.15) is 0 Å². The van der Waals surface area contributed by atoms with Gasteiger partial charge in [0.2, 0.25) is 11.7 Å². The van der Waals surface area contributed by atoms with E-state index in [0.717, 1.165) is 6.07 Å². The number of benzene rings is 2. The molecule has 2 aromatic carbocycles. The standard InChI is InChI=1S/C21H22O10/c1-8-3-9(23)4-12-15(8)17(25)16-11(24)5-10(6-13(16)30-12)29-21-19(27)18(26)20(28-2)14(7-22)31-21/h3-6,14,18-24,26-27H,7H2,1-2H3/t14-,18-,19-,20-,21-/m1/s1. The highest BCUT2D eigenvalue weighted by Gasteiger charge is 2.45. The third-order valence-electron chi connectivity index (χ3n) is 5.36. The van der Waals surface area contributed by atoms with Gasteiger partial charge in [-0.05, 0) is 18.6 Å². The number of phenols is 2. The molecule has 10 heteroatoms. The molecular formula is C21H22O10. The summed E-state index contributed by atoms with van der Waals surface area (Å²) in [6.07, 6.45) is -6.24. The van der Waals surface area contributed by atoms with Crippen molar-refractivity contribution in [2.24, 2.45) is 0 Å². The second-order valence-electron chi connectivity index (χ2n) is 7.41. The first-order chi connectivity index (χ1) is 14.7. The second-order valence-corrected chi connectivity index (χ2v) is 7.41. The number of aromatic hydroxyl groups is 2. The monoisotopic (exact) mass is 434 g/mol. The molecule has 0 amide bonds. The number of hydrogen-bond acceptors (Lipinski definition) is 10. The van der Waals surface area contributed by atoms with Gasteiger partial charge in [0.1, 0.15) is 58.2 Å². The van der Waals surface area contributed by atoms with Crippen molar-refractivity contribution in [2.75, 3.05) is 13.7 Å². The van der Waals surface area contributed by atoms with Crippen LogP contribution in [0.25, 0.3) is 21.9 Å². The number of fused-ring (bicyclic) bond motifs is 2. The molecule has 0 spiro atoms. The van der Waals surface area contributed by atoms with Crippen LogP contribution in [0, 0.1) is 6.92 Å². The molecule has 5 atom stereocenters. The summed E-state index contributed by atoms with van der Waals surface area (Å²) in [6, 6.07) is 5.17. The minimum Gasteiger partial charge on any atom is -0.508 e. The number of aliphatic hydroxyl groups is 3. The topological polar surface area (TPSA) is 159 Å². The smallest absolute Gasteiger partial charge is 0.229 e. The third-order valence-corrected chi connectivity index (χ3v) is 5.36. The Morgan fingerprint density at radius 2 is 1.74 bits per heavy atom. The Labute approximate surface area is 175 Å². The largest absolute Gasteiger partial charge is 0.508 e. The molecule has 2 heterocycles. The Hall–Kier alpha value is -2.89. The van der Waals surface area contributed by atoms with Crippen molar-refractivity contribution < 1.29 is 44.2 Å². The number of rotatable bonds is 4. The molecule has 1 aliphatic rings. The lowest BCUT2D eigenvalue weighted by atomic mass is 9.99. The number of aliphatic hydroxyl groups excluding tert-OH is 3. The highest BCUT2D eigenvalue weighted by atomic mass is 16.7. The molecule has 1 aromatic heterocycles. The molecule has 0 bridgehead atoms. The minimum absolute atomic E-state index is 0.0168. The van der Waals surface area contributed by atoms with Crippen molar-refractivity contribution in [2.45, 2.75) is 37.6 Å². The zero-order valence-electron chi connectivity index (χ0n) is 16.7. The summed E-state index contributed by atoms with van der Waals surface area (Å²) < 4.78 is 21.8. The third kappa shape index (κ3) is 3.58. The molecule has 1 fully saturated rings. The second kappa shape index (κ2) is 7.98. The van der Waals surface area contributed by atoms with Crippen LogP contribution in [0.1, 0.15) is 5.56 Å². The van der Waals surface area contributed by atoms with Crippen LogP contribution in [0.2, 0.25) is 0 Å². The number of phenolic OH excluding ortho intramolecular Hbond substituents is 2. The maximum atomic E-state index is 12.9. The van der Waals surface area contributed by atoms with E-state index in [4.69, 9.17) is 18.6 Å². The molecule has 4 rings (SSSR count). The molecule has 5 N–H and O–H groups in total. The fraction of sp³-hybridized carbons (Fsp3) is 0.381. The van der Waals surface area contributed by atoms with Crippen molar-refractivity contribution >= 4 is 21.9 Å². The lowest BCUT2D eigenvalue weighted by Gasteiger charge is -2.41. The van der Waals surface area contributed by atoms with Gasteiger partial charge in [0, 0.05) is 25.3 Å². The highest BCUT2D eigenvalue weighted by molar-refractivity contribution is 5.95. The van der Waals surface area contributed by atoms with E-state index in [1.54, 1.807) is 6.92 Å². The van der Waals surface area contributed by atoms with E-state index in [-0.39, 0.29) is 33.4 Å². The van der Waals surface area contributed by atoms with Gasteiger partial charge in [-0.3, -0.25) is 4.79 Å². The van der Waals surface area contributed by atoms with Gasteiger partial charge >= 0.3 is 0 Å². The Bertz CT molecular complexity index is 1180. The van der Waals surface area contributed by atoms with Crippen molar-refractivity contribution in [3.63, 3.8) is 0 Å². The van der Waals surface area contributed by atoms with Gasteiger partial charge in [0.15, 0.2) is 0 Å². The van der Waals surface area contributed by atoms with Crippen LogP contribution >= 0.6 is 0 Å². The fourth-order valence-electron chi connectivity index (χ4n) is 3.88. The molecule has 0 saturated carbocycles. The van der Waals surface area contributed by atoms with Crippen LogP contribution in [0.5, 0.6) is 17.2 Å². The predicted molar refractivity (Wildman–Crippen MR) is 107 cm³/mol. The lowest BCUT2D eigenvalue weighted by molar-refractivity contribution is -0.281. The van der Waals surface area contributed by atoms with E-state index in [9.17, 15) is 30.3 Å². The van der Waals surface area contributed by atoms with Crippen LogP contribution in [0.3, 0.4) is 0 Å². The molecule has 31 heavy (non-hydrogen) atoms. The first-order valence-corrected chi connectivity index (χ1v) is 9.50. The van der Waals surface area contributed by atoms with Crippen LogP contribution in [0.15, 0.2) is 33.5 Å². The van der Waals surface area contributed by atoms with Crippen molar-refractivity contribution in [3.8, 4) is 17.2 Å². The normalized spacial score (nSPS) is 26.4. The van der Waals surface area contributed by atoms with E-state index >= 15 is 0 Å². The molecular weight excluding hydrogens is 412 g/mol. The Morgan fingerprint density at radius 1 is 1.03 bits per heavy atom. The fourth-order valence-corrected chi connectivity index (χ4v) is 3.88. The van der Waals surface area contributed by atoms with E-state index in [0.29, 0.717) is 5.56 Å². The summed E-state index contributed by atoms with van der Waals surface area (Å²) >= 11 is 0. The quantitative estimate of drug-likeness (QED) is 0.366. The van der Waals surface area contributed by atoms with Gasteiger partial charge < -0.3 is 44.2 Å². The summed E-state index contributed by atoms with van der Waals surface area (Å²) in [5, 5.41) is 50.5. The van der Waals surface area contributed by atoms with Crippen LogP contribution in [-0.2, 0) is 9.47 Å². The molecule has 0 radical (unpaired) electrons. The number of hydrogen-bond donors (Lipinski definition) is 5. The number of aryl methyl sites for hydroxylation is 1. The Balaban J connectivity index is 1.75. The predicted octanol–water partition coefficient (Wildman–Crippen LogP) is 0.499. The van der Waals surface area contributed by atoms with E-state index < -0.39 is 48.5 Å². The van der Waals surface area contributed by atoms with Crippen LogP contribution in [0.4, 0.5) is 0 Å². The van der Waals surface area contributed by atoms with Crippen molar-refractivity contribution in [1.29, 1.82) is 0 Å². The van der Waals surface area contributed by atoms with E-state index in [1.165, 1.54) is 25.3 Å². The lowest BCUT2D eigenvalue weighted by Crippen LogP contribution is -2.60. The van der Waals surface area contributed by atoms with E-state index in [2.05, 4.69) is 0 Å². The SMILES string of the molecule is CO[C@H]1[C@H](O)[C@@H](O)[C@H](Oc2cc(O)c3c(=O)c4c(C)cc(O)cc4oc3c2)O[C@@H]1CO. The molecule has 10 nitrogen and oxygen atoms in total. The summed E-state index contributed by atoms with van der Waals surface area (Å²) in [5.74, 6) is -0.525. The summed E-state index contributed by atoms with van der Waals surface area (Å²) in [4.78, 5) is 12.9. The molecule has 1 aliphatic heterocycles. The maximum absolute atomic E-state index is 12.9. The van der Waals surface area contributed by atoms with Gasteiger partial charge in [-0.25, -0.2) is 0 Å². The summed E-state index contributed by atoms with van der Waals surface area (Å²) in [5.41, 5.74) is 0.113. The average Bonchev–Trinajstić information content (AvgIpc) is 2.70. The summed E-state index contributed by atoms with van der Waals surface area (Å²) in [7, 11) is 1.31. The number of methoxy groups -OCH3 is 1. The Kier molecular flexibility index (Phi) is 5.50. The van der Waals surface area contributed by atoms with Crippen LogP contribution in [-0.4, -0.2) is 70.0 Å². The van der Waals surface area contributed by atoms with Gasteiger partial charge in [0.25, 0.3) is 0 Å².